The van der Waals surface area contributed by atoms with Gasteiger partial charge in [-0.15, -0.1) is 0 Å². The largest absolute Gasteiger partial charge is 0.289 e. The Morgan fingerprint density at radius 2 is 2.36 bits per heavy atom. The SMILES string of the molecule is N=Nc1cncc([N+](=O)[O-])c1. The monoisotopic (exact) mass is 152 g/mol. The average Bonchev–Trinajstić information content (AvgIpc) is 2.05. The summed E-state index contributed by atoms with van der Waals surface area (Å²) in [6.45, 7) is 0. The molecule has 1 heterocycles. The van der Waals surface area contributed by atoms with Crippen molar-refractivity contribution in [2.45, 2.75) is 0 Å². The molecule has 1 rings (SSSR count). The Morgan fingerprint density at radius 3 is 2.91 bits per heavy atom. The lowest BCUT2D eigenvalue weighted by atomic mass is 10.4. The molecule has 1 aromatic heterocycles. The summed E-state index contributed by atoms with van der Waals surface area (Å²) in [5, 5.41) is 13.1. The third-order valence-electron chi connectivity index (χ3n) is 1.05. The topological polar surface area (TPSA) is 92.2 Å². The second-order valence-corrected chi connectivity index (χ2v) is 1.77. The van der Waals surface area contributed by atoms with Gasteiger partial charge < -0.3 is 0 Å². The van der Waals surface area contributed by atoms with Crippen LogP contribution in [0.2, 0.25) is 0 Å². The molecule has 0 bridgehead atoms. The van der Waals surface area contributed by atoms with Crippen molar-refractivity contribution >= 4 is 11.4 Å². The number of nitro groups is 1. The van der Waals surface area contributed by atoms with Gasteiger partial charge in [-0.1, -0.05) is 0 Å². The molecule has 0 saturated carbocycles. The van der Waals surface area contributed by atoms with E-state index in [1.807, 2.05) is 0 Å². The summed E-state index contributed by atoms with van der Waals surface area (Å²) in [5.41, 5.74) is 6.57. The molecule has 0 aliphatic carbocycles. The molecule has 11 heavy (non-hydrogen) atoms. The van der Waals surface area contributed by atoms with Gasteiger partial charge in [0.2, 0.25) is 0 Å². The van der Waals surface area contributed by atoms with Crippen molar-refractivity contribution in [3.8, 4) is 0 Å². The maximum Gasteiger partial charge on any atom is 0.289 e. The molecule has 0 fully saturated rings. The lowest BCUT2D eigenvalue weighted by Gasteiger charge is -1.89. The van der Waals surface area contributed by atoms with E-state index in [9.17, 15) is 10.1 Å². The van der Waals surface area contributed by atoms with Gasteiger partial charge >= 0.3 is 0 Å². The molecule has 0 spiro atoms. The van der Waals surface area contributed by atoms with Crippen LogP contribution in [0.4, 0.5) is 11.4 Å². The van der Waals surface area contributed by atoms with Gasteiger partial charge in [0.25, 0.3) is 5.69 Å². The van der Waals surface area contributed by atoms with Gasteiger partial charge in [0.1, 0.15) is 11.9 Å². The molecule has 56 valence electrons. The predicted molar refractivity (Wildman–Crippen MR) is 35.7 cm³/mol. The van der Waals surface area contributed by atoms with E-state index in [2.05, 4.69) is 10.1 Å². The summed E-state index contributed by atoms with van der Waals surface area (Å²) in [7, 11) is 0. The standard InChI is InChI=1S/C5H4N4O2/c6-8-4-1-5(9(10)11)3-7-2-4/h1-3,6H. The third-order valence-corrected chi connectivity index (χ3v) is 1.05. The minimum Gasteiger partial charge on any atom is -0.258 e. The van der Waals surface area contributed by atoms with Gasteiger partial charge in [-0.25, -0.2) is 5.53 Å². The smallest absolute Gasteiger partial charge is 0.258 e. The second-order valence-electron chi connectivity index (χ2n) is 1.77. The molecule has 0 atom stereocenters. The Kier molecular flexibility index (Phi) is 1.86. The lowest BCUT2D eigenvalue weighted by molar-refractivity contribution is -0.385. The summed E-state index contributed by atoms with van der Waals surface area (Å²) < 4.78 is 0. The van der Waals surface area contributed by atoms with E-state index in [0.29, 0.717) is 0 Å². The Balaban J connectivity index is 3.10. The van der Waals surface area contributed by atoms with Crippen LogP contribution in [-0.4, -0.2) is 9.91 Å². The van der Waals surface area contributed by atoms with Gasteiger partial charge in [0, 0.05) is 6.07 Å². The zero-order valence-corrected chi connectivity index (χ0v) is 5.39. The fraction of sp³-hybridized carbons (Fsp3) is 0. The number of aromatic nitrogens is 1. The molecule has 0 aliphatic heterocycles. The first-order valence-corrected chi connectivity index (χ1v) is 2.71. The van der Waals surface area contributed by atoms with E-state index in [4.69, 9.17) is 5.53 Å². The molecule has 0 aliphatic rings. The Morgan fingerprint density at radius 1 is 1.64 bits per heavy atom. The predicted octanol–water partition coefficient (Wildman–Crippen LogP) is 1.65. The van der Waals surface area contributed by atoms with Gasteiger partial charge in [-0.05, 0) is 0 Å². The maximum atomic E-state index is 10.1. The van der Waals surface area contributed by atoms with Crippen molar-refractivity contribution in [3.63, 3.8) is 0 Å². The highest BCUT2D eigenvalue weighted by atomic mass is 16.6. The molecule has 1 aromatic rings. The van der Waals surface area contributed by atoms with Crippen LogP contribution in [0.3, 0.4) is 0 Å². The maximum absolute atomic E-state index is 10.1. The van der Waals surface area contributed by atoms with Crippen LogP contribution in [0.25, 0.3) is 0 Å². The Hall–Kier alpha value is -1.85. The molecule has 6 heteroatoms. The number of pyridine rings is 1. The minimum atomic E-state index is -0.582. The molecule has 0 aromatic carbocycles. The molecule has 6 nitrogen and oxygen atoms in total. The van der Waals surface area contributed by atoms with Crippen molar-refractivity contribution in [2.75, 3.05) is 0 Å². The summed E-state index contributed by atoms with van der Waals surface area (Å²) in [6, 6.07) is 1.18. The molecule has 0 unspecified atom stereocenters. The van der Waals surface area contributed by atoms with Gasteiger partial charge in [0.05, 0.1) is 11.1 Å². The van der Waals surface area contributed by atoms with Crippen molar-refractivity contribution in [2.24, 2.45) is 5.11 Å². The molecule has 0 radical (unpaired) electrons. The van der Waals surface area contributed by atoms with Crippen LogP contribution in [0.1, 0.15) is 0 Å². The molecule has 1 N–H and O–H groups in total. The van der Waals surface area contributed by atoms with Gasteiger partial charge in [-0.3, -0.25) is 15.1 Å². The summed E-state index contributed by atoms with van der Waals surface area (Å²) in [5.74, 6) is 0. The van der Waals surface area contributed by atoms with Crippen molar-refractivity contribution in [1.29, 1.82) is 5.53 Å². The average molecular weight is 152 g/mol. The summed E-state index contributed by atoms with van der Waals surface area (Å²) in [4.78, 5) is 13.1. The second kappa shape index (κ2) is 2.82. The first-order valence-electron chi connectivity index (χ1n) is 2.71. The third kappa shape index (κ3) is 1.54. The van der Waals surface area contributed by atoms with Gasteiger partial charge in [0.15, 0.2) is 0 Å². The Bertz CT molecular complexity index is 298. The van der Waals surface area contributed by atoms with Crippen LogP contribution >= 0.6 is 0 Å². The zero-order valence-electron chi connectivity index (χ0n) is 5.39. The van der Waals surface area contributed by atoms with E-state index < -0.39 is 4.92 Å². The number of rotatable bonds is 2. The van der Waals surface area contributed by atoms with Crippen LogP contribution in [0.15, 0.2) is 23.6 Å². The van der Waals surface area contributed by atoms with Crippen LogP contribution in [0, 0.1) is 15.6 Å². The molecular formula is C5H4N4O2. The highest BCUT2D eigenvalue weighted by molar-refractivity contribution is 5.42. The number of nitrogens with one attached hydrogen (secondary N) is 1. The Labute approximate surface area is 61.5 Å². The molecular weight excluding hydrogens is 148 g/mol. The van der Waals surface area contributed by atoms with E-state index in [0.717, 1.165) is 6.20 Å². The van der Waals surface area contributed by atoms with Crippen LogP contribution < -0.4 is 0 Å². The highest BCUT2D eigenvalue weighted by Crippen LogP contribution is 2.16. The fourth-order valence-electron chi connectivity index (χ4n) is 0.577. The van der Waals surface area contributed by atoms with E-state index in [1.54, 1.807) is 0 Å². The molecule has 0 saturated heterocycles. The molecule has 0 amide bonds. The van der Waals surface area contributed by atoms with Crippen molar-refractivity contribution < 1.29 is 4.92 Å². The first-order chi connectivity index (χ1) is 5.24. The first kappa shape index (κ1) is 7.26. The van der Waals surface area contributed by atoms with Crippen molar-refractivity contribution in [1.82, 2.24) is 4.98 Å². The van der Waals surface area contributed by atoms with Crippen molar-refractivity contribution in [3.05, 3.63) is 28.6 Å². The van der Waals surface area contributed by atoms with E-state index >= 15 is 0 Å². The van der Waals surface area contributed by atoms with Gasteiger partial charge in [-0.2, -0.15) is 5.11 Å². The van der Waals surface area contributed by atoms with E-state index in [-0.39, 0.29) is 11.4 Å². The minimum absolute atomic E-state index is 0.154. The number of nitrogens with zero attached hydrogens (tertiary/aromatic N) is 3. The zero-order chi connectivity index (χ0) is 8.27. The van der Waals surface area contributed by atoms with Crippen LogP contribution in [0.5, 0.6) is 0 Å². The quantitative estimate of drug-likeness (QED) is 0.396. The number of hydrogen-bond donors (Lipinski definition) is 1. The normalized spacial score (nSPS) is 9.09. The van der Waals surface area contributed by atoms with Crippen LogP contribution in [-0.2, 0) is 0 Å². The number of hydrogen-bond acceptors (Lipinski definition) is 5. The summed E-state index contributed by atoms with van der Waals surface area (Å²) in [6.07, 6.45) is 2.38. The summed E-state index contributed by atoms with van der Waals surface area (Å²) >= 11 is 0. The van der Waals surface area contributed by atoms with E-state index in [1.165, 1.54) is 12.3 Å². The lowest BCUT2D eigenvalue weighted by Crippen LogP contribution is -1.87. The highest BCUT2D eigenvalue weighted by Gasteiger charge is 2.05. The fourth-order valence-corrected chi connectivity index (χ4v) is 0.577.